The fourth-order valence-corrected chi connectivity index (χ4v) is 2.97. The lowest BCUT2D eigenvalue weighted by Gasteiger charge is -2.36. The van der Waals surface area contributed by atoms with Gasteiger partial charge in [-0.3, -0.25) is 0 Å². The van der Waals surface area contributed by atoms with Crippen molar-refractivity contribution in [3.8, 4) is 0 Å². The molecule has 0 heterocycles. The second-order valence-corrected chi connectivity index (χ2v) is 5.73. The van der Waals surface area contributed by atoms with E-state index in [0.717, 1.165) is 25.7 Å². The van der Waals surface area contributed by atoms with Crippen molar-refractivity contribution in [2.45, 2.75) is 64.8 Å². The van der Waals surface area contributed by atoms with Crippen LogP contribution in [0.5, 0.6) is 0 Å². The van der Waals surface area contributed by atoms with Crippen LogP contribution >= 0.6 is 0 Å². The minimum Gasteiger partial charge on any atom is -0.303 e. The van der Waals surface area contributed by atoms with Crippen molar-refractivity contribution in [1.29, 1.82) is 0 Å². The molecule has 0 aromatic heterocycles. The molecule has 1 unspecified atom stereocenters. The lowest BCUT2D eigenvalue weighted by Crippen LogP contribution is -2.41. The first-order valence-corrected chi connectivity index (χ1v) is 6.78. The van der Waals surface area contributed by atoms with Crippen LogP contribution in [0.4, 0.5) is 0 Å². The van der Waals surface area contributed by atoms with E-state index in [2.05, 4.69) is 25.8 Å². The maximum atomic E-state index is 11.2. The molecule has 1 rings (SSSR count). The lowest BCUT2D eigenvalue weighted by molar-refractivity contribution is -0.117. The molecule has 0 N–H and O–H groups in total. The summed E-state index contributed by atoms with van der Waals surface area (Å²) in [4.78, 5) is 13.6. The van der Waals surface area contributed by atoms with Crippen LogP contribution in [0.3, 0.4) is 0 Å². The van der Waals surface area contributed by atoms with Gasteiger partial charge in [0.05, 0.1) is 0 Å². The van der Waals surface area contributed by atoms with E-state index in [1.807, 2.05) is 0 Å². The molecule has 1 fully saturated rings. The van der Waals surface area contributed by atoms with E-state index in [1.54, 1.807) is 0 Å². The van der Waals surface area contributed by atoms with Gasteiger partial charge in [-0.25, -0.2) is 0 Å². The van der Waals surface area contributed by atoms with Crippen molar-refractivity contribution in [3.05, 3.63) is 0 Å². The fourth-order valence-electron chi connectivity index (χ4n) is 2.97. The SMILES string of the molecule is CCCC(C)(C=O)CN(C)C1CCCCC1. The highest BCUT2D eigenvalue weighted by atomic mass is 16.1. The molecule has 1 aliphatic rings. The monoisotopic (exact) mass is 225 g/mol. The number of carbonyl (C=O) groups is 1. The topological polar surface area (TPSA) is 20.3 Å². The molecule has 1 atom stereocenters. The summed E-state index contributed by atoms with van der Waals surface area (Å²) in [6.07, 6.45) is 10.0. The summed E-state index contributed by atoms with van der Waals surface area (Å²) in [5, 5.41) is 0. The number of hydrogen-bond donors (Lipinski definition) is 0. The first-order chi connectivity index (χ1) is 7.61. The first-order valence-electron chi connectivity index (χ1n) is 6.78. The third-order valence-electron chi connectivity index (χ3n) is 3.91. The Hall–Kier alpha value is -0.370. The predicted octanol–water partition coefficient (Wildman–Crippen LogP) is 3.26. The second kappa shape index (κ2) is 6.39. The molecule has 1 saturated carbocycles. The van der Waals surface area contributed by atoms with Gasteiger partial charge in [-0.05, 0) is 26.3 Å². The summed E-state index contributed by atoms with van der Waals surface area (Å²) in [7, 11) is 2.19. The van der Waals surface area contributed by atoms with Gasteiger partial charge < -0.3 is 9.69 Å². The maximum absolute atomic E-state index is 11.2. The maximum Gasteiger partial charge on any atom is 0.127 e. The van der Waals surface area contributed by atoms with E-state index >= 15 is 0 Å². The molecule has 2 heteroatoms. The van der Waals surface area contributed by atoms with Crippen LogP contribution in [0.25, 0.3) is 0 Å². The van der Waals surface area contributed by atoms with Gasteiger partial charge in [0.15, 0.2) is 0 Å². The van der Waals surface area contributed by atoms with Crippen LogP contribution in [0.15, 0.2) is 0 Å². The quantitative estimate of drug-likeness (QED) is 0.647. The van der Waals surface area contributed by atoms with Crippen LogP contribution in [0.2, 0.25) is 0 Å². The largest absolute Gasteiger partial charge is 0.303 e. The minimum absolute atomic E-state index is 0.138. The van der Waals surface area contributed by atoms with E-state index in [1.165, 1.54) is 32.1 Å². The van der Waals surface area contributed by atoms with Gasteiger partial charge in [-0.15, -0.1) is 0 Å². The number of nitrogens with zero attached hydrogens (tertiary/aromatic N) is 1. The highest BCUT2D eigenvalue weighted by molar-refractivity contribution is 5.59. The molecule has 0 aromatic rings. The third-order valence-corrected chi connectivity index (χ3v) is 3.91. The Balaban J connectivity index is 2.46. The lowest BCUT2D eigenvalue weighted by atomic mass is 9.85. The Morgan fingerprint density at radius 1 is 1.31 bits per heavy atom. The minimum atomic E-state index is -0.138. The van der Waals surface area contributed by atoms with Crippen molar-refractivity contribution in [2.75, 3.05) is 13.6 Å². The molecule has 16 heavy (non-hydrogen) atoms. The number of rotatable bonds is 6. The summed E-state index contributed by atoms with van der Waals surface area (Å²) >= 11 is 0. The van der Waals surface area contributed by atoms with Crippen LogP contribution in [0, 0.1) is 5.41 Å². The smallest absolute Gasteiger partial charge is 0.127 e. The average Bonchev–Trinajstić information content (AvgIpc) is 2.30. The van der Waals surface area contributed by atoms with Crippen LogP contribution < -0.4 is 0 Å². The van der Waals surface area contributed by atoms with E-state index in [0.29, 0.717) is 6.04 Å². The zero-order chi connectivity index (χ0) is 12.0. The van der Waals surface area contributed by atoms with Gasteiger partial charge in [0.25, 0.3) is 0 Å². The van der Waals surface area contributed by atoms with Gasteiger partial charge in [0.1, 0.15) is 6.29 Å². The molecule has 0 aliphatic heterocycles. The Kier molecular flexibility index (Phi) is 5.47. The Labute approximate surface area is 100 Å². The van der Waals surface area contributed by atoms with Gasteiger partial charge in [-0.2, -0.15) is 0 Å². The van der Waals surface area contributed by atoms with Gasteiger partial charge >= 0.3 is 0 Å². The summed E-state index contributed by atoms with van der Waals surface area (Å²) in [5.74, 6) is 0. The molecule has 0 spiro atoms. The standard InChI is InChI=1S/C14H27NO/c1-4-10-14(2,12-16)11-15(3)13-8-6-5-7-9-13/h12-13H,4-11H2,1-3H3. The summed E-state index contributed by atoms with van der Waals surface area (Å²) in [6.45, 7) is 5.18. The van der Waals surface area contributed by atoms with Crippen molar-refractivity contribution < 1.29 is 4.79 Å². The molecule has 0 bridgehead atoms. The second-order valence-electron chi connectivity index (χ2n) is 5.73. The number of aldehydes is 1. The highest BCUT2D eigenvalue weighted by Gasteiger charge is 2.28. The molecule has 0 saturated heterocycles. The van der Waals surface area contributed by atoms with Crippen LogP contribution in [-0.4, -0.2) is 30.8 Å². The zero-order valence-corrected chi connectivity index (χ0v) is 11.2. The first kappa shape index (κ1) is 13.7. The molecule has 1 aliphatic carbocycles. The molecule has 2 nitrogen and oxygen atoms in total. The molecule has 0 amide bonds. The average molecular weight is 225 g/mol. The Morgan fingerprint density at radius 3 is 2.44 bits per heavy atom. The van der Waals surface area contributed by atoms with Gasteiger partial charge in [0, 0.05) is 18.0 Å². The molecular weight excluding hydrogens is 198 g/mol. The van der Waals surface area contributed by atoms with E-state index in [4.69, 9.17) is 0 Å². The highest BCUT2D eigenvalue weighted by Crippen LogP contribution is 2.27. The van der Waals surface area contributed by atoms with Crippen molar-refractivity contribution in [3.63, 3.8) is 0 Å². The zero-order valence-electron chi connectivity index (χ0n) is 11.2. The normalized spacial score (nSPS) is 22.0. The number of hydrogen-bond acceptors (Lipinski definition) is 2. The number of carbonyl (C=O) groups excluding carboxylic acids is 1. The molecule has 0 radical (unpaired) electrons. The Bertz CT molecular complexity index is 211. The van der Waals surface area contributed by atoms with E-state index in [-0.39, 0.29) is 5.41 Å². The van der Waals surface area contributed by atoms with Crippen molar-refractivity contribution in [1.82, 2.24) is 4.90 Å². The van der Waals surface area contributed by atoms with Crippen LogP contribution in [0.1, 0.15) is 58.8 Å². The third kappa shape index (κ3) is 3.89. The molecule has 0 aromatic carbocycles. The van der Waals surface area contributed by atoms with Gasteiger partial charge in [-0.1, -0.05) is 39.5 Å². The van der Waals surface area contributed by atoms with Crippen LogP contribution in [-0.2, 0) is 4.79 Å². The summed E-state index contributed by atoms with van der Waals surface area (Å²) < 4.78 is 0. The van der Waals surface area contributed by atoms with E-state index < -0.39 is 0 Å². The van der Waals surface area contributed by atoms with E-state index in [9.17, 15) is 4.79 Å². The van der Waals surface area contributed by atoms with Gasteiger partial charge in [0.2, 0.25) is 0 Å². The van der Waals surface area contributed by atoms with Crippen molar-refractivity contribution >= 4 is 6.29 Å². The fraction of sp³-hybridized carbons (Fsp3) is 0.929. The summed E-state index contributed by atoms with van der Waals surface area (Å²) in [5.41, 5.74) is -0.138. The Morgan fingerprint density at radius 2 is 1.94 bits per heavy atom. The predicted molar refractivity (Wildman–Crippen MR) is 68.6 cm³/mol. The molecular formula is C14H27NO. The van der Waals surface area contributed by atoms with Crippen molar-refractivity contribution in [2.24, 2.45) is 5.41 Å². The summed E-state index contributed by atoms with van der Waals surface area (Å²) in [6, 6.07) is 0.713. The molecule has 94 valence electrons.